The van der Waals surface area contributed by atoms with Crippen LogP contribution in [0.15, 0.2) is 115 Å². The maximum atomic E-state index is 14.3. The van der Waals surface area contributed by atoms with Crippen LogP contribution in [0.2, 0.25) is 0 Å². The third-order valence-corrected chi connectivity index (χ3v) is 9.21. The lowest BCUT2D eigenvalue weighted by molar-refractivity contribution is -0.137. The van der Waals surface area contributed by atoms with Gasteiger partial charge in [-0.3, -0.25) is 0 Å². The lowest BCUT2D eigenvalue weighted by atomic mass is 9.97. The maximum Gasteiger partial charge on any atom is 0.415 e. The van der Waals surface area contributed by atoms with E-state index in [1.165, 1.54) is 6.07 Å². The second kappa shape index (κ2) is 10.6. The zero-order valence-corrected chi connectivity index (χ0v) is 25.9. The van der Waals surface area contributed by atoms with Crippen molar-refractivity contribution in [3.63, 3.8) is 0 Å². The van der Waals surface area contributed by atoms with E-state index in [0.29, 0.717) is 22.5 Å². The van der Waals surface area contributed by atoms with Gasteiger partial charge in [0.15, 0.2) is 5.69 Å². The fourth-order valence-corrected chi connectivity index (χ4v) is 7.18. The Morgan fingerprint density at radius 1 is 0.646 bits per heavy atom. The molecular weight excluding hydrogens is 605 g/mol. The summed E-state index contributed by atoms with van der Waals surface area (Å²) >= 11 is 0. The molecule has 8 aromatic rings. The van der Waals surface area contributed by atoms with Gasteiger partial charge in [-0.25, -0.2) is 4.85 Å². The highest BCUT2D eigenvalue weighted by Crippen LogP contribution is 2.43. The van der Waals surface area contributed by atoms with E-state index < -0.39 is 11.7 Å². The van der Waals surface area contributed by atoms with E-state index >= 15 is 0 Å². The summed E-state index contributed by atoms with van der Waals surface area (Å²) in [6.45, 7) is 11.7. The molecule has 0 aliphatic carbocycles. The van der Waals surface area contributed by atoms with Gasteiger partial charge < -0.3 is 9.13 Å². The fraction of sp³-hybridized carbons (Fsp3) is 0.0732. The van der Waals surface area contributed by atoms with Gasteiger partial charge in [0.2, 0.25) is 0 Å². The van der Waals surface area contributed by atoms with Gasteiger partial charge in [-0.1, -0.05) is 60.7 Å². The van der Waals surface area contributed by atoms with Crippen molar-refractivity contribution >= 4 is 49.3 Å². The van der Waals surface area contributed by atoms with Crippen molar-refractivity contribution in [2.75, 3.05) is 0 Å². The number of para-hydroxylation sites is 2. The summed E-state index contributed by atoms with van der Waals surface area (Å²) in [5.74, 6) is 0. The number of aryl methyl sites for hydroxylation is 2. The number of hydrogen-bond donors (Lipinski definition) is 0. The van der Waals surface area contributed by atoms with Crippen LogP contribution in [0.3, 0.4) is 0 Å². The molecule has 0 spiro atoms. The van der Waals surface area contributed by atoms with Crippen molar-refractivity contribution in [3.8, 4) is 28.6 Å². The Kier molecular flexibility index (Phi) is 6.44. The quantitative estimate of drug-likeness (QED) is 0.179. The third-order valence-electron chi connectivity index (χ3n) is 9.21. The topological polar surface area (TPSA) is 38.0 Å². The number of nitrogens with zero attached hydrogens (tertiary/aromatic N) is 4. The molecule has 2 aromatic heterocycles. The van der Waals surface area contributed by atoms with Gasteiger partial charge in [0.05, 0.1) is 45.6 Å². The Morgan fingerprint density at radius 3 is 1.73 bits per heavy atom. The van der Waals surface area contributed by atoms with Crippen molar-refractivity contribution in [1.82, 2.24) is 9.13 Å². The van der Waals surface area contributed by atoms with Crippen molar-refractivity contribution in [2.24, 2.45) is 0 Å². The van der Waals surface area contributed by atoms with Crippen LogP contribution in [0, 0.1) is 31.8 Å². The monoisotopic (exact) mass is 630 g/mol. The zero-order chi connectivity index (χ0) is 33.3. The number of fused-ring (bicyclic) bond motifs is 6. The van der Waals surface area contributed by atoms with E-state index in [4.69, 9.17) is 6.57 Å². The van der Waals surface area contributed by atoms with Crippen molar-refractivity contribution in [3.05, 3.63) is 149 Å². The molecule has 0 amide bonds. The Bertz CT molecular complexity index is 2710. The lowest BCUT2D eigenvalue weighted by Crippen LogP contribution is -2.06. The SMILES string of the molecule is [C-]#[N+]c1cc(-c2cc(-n3c4ccccc4c4c(C)cccc43)c(C#N)cc2-n2c3ccccc3c3c(C)cccc32)cc(C(F)(F)F)c1. The third kappa shape index (κ3) is 4.29. The van der Waals surface area contributed by atoms with Gasteiger partial charge in [-0.05, 0) is 85.1 Å². The molecule has 230 valence electrons. The second-order valence-corrected chi connectivity index (χ2v) is 12.0. The van der Waals surface area contributed by atoms with Gasteiger partial charge in [-0.15, -0.1) is 0 Å². The van der Waals surface area contributed by atoms with Gasteiger partial charge in [0.1, 0.15) is 6.07 Å². The van der Waals surface area contributed by atoms with E-state index in [1.54, 1.807) is 6.07 Å². The number of halogens is 3. The highest BCUT2D eigenvalue weighted by Gasteiger charge is 2.32. The fourth-order valence-electron chi connectivity index (χ4n) is 7.18. The molecule has 0 aliphatic rings. The summed E-state index contributed by atoms with van der Waals surface area (Å²) in [6.07, 6.45) is -4.67. The molecule has 0 atom stereocenters. The molecule has 0 saturated heterocycles. The molecule has 0 saturated carbocycles. The normalized spacial score (nSPS) is 11.8. The first-order chi connectivity index (χ1) is 23.2. The van der Waals surface area contributed by atoms with E-state index in [0.717, 1.165) is 66.9 Å². The zero-order valence-electron chi connectivity index (χ0n) is 25.9. The molecule has 0 bridgehead atoms. The predicted molar refractivity (Wildman–Crippen MR) is 186 cm³/mol. The van der Waals surface area contributed by atoms with Crippen molar-refractivity contribution in [1.29, 1.82) is 5.26 Å². The largest absolute Gasteiger partial charge is 0.415 e. The number of alkyl halides is 3. The summed E-state index contributed by atoms with van der Waals surface area (Å²) in [4.78, 5) is 3.42. The van der Waals surface area contributed by atoms with E-state index in [-0.39, 0.29) is 11.3 Å². The lowest BCUT2D eigenvalue weighted by Gasteiger charge is -2.20. The first-order valence-corrected chi connectivity index (χ1v) is 15.4. The van der Waals surface area contributed by atoms with Gasteiger partial charge >= 0.3 is 6.18 Å². The Morgan fingerprint density at radius 2 is 1.19 bits per heavy atom. The highest BCUT2D eigenvalue weighted by molar-refractivity contribution is 6.12. The molecule has 6 aromatic carbocycles. The summed E-state index contributed by atoms with van der Waals surface area (Å²) in [5, 5.41) is 14.8. The van der Waals surface area contributed by atoms with Gasteiger partial charge in [0, 0.05) is 32.7 Å². The summed E-state index contributed by atoms with van der Waals surface area (Å²) < 4.78 is 46.9. The van der Waals surface area contributed by atoms with Crippen LogP contribution in [0.5, 0.6) is 0 Å². The van der Waals surface area contributed by atoms with E-state index in [1.807, 2.05) is 114 Å². The first kappa shape index (κ1) is 29.1. The van der Waals surface area contributed by atoms with Crippen molar-refractivity contribution < 1.29 is 13.2 Å². The minimum absolute atomic E-state index is 0.123. The highest BCUT2D eigenvalue weighted by atomic mass is 19.4. The summed E-state index contributed by atoms with van der Waals surface area (Å²) in [7, 11) is 0. The Balaban J connectivity index is 1.57. The van der Waals surface area contributed by atoms with Crippen molar-refractivity contribution in [2.45, 2.75) is 20.0 Å². The summed E-state index contributed by atoms with van der Waals surface area (Å²) in [5.41, 5.74) is 6.67. The smallest absolute Gasteiger partial charge is 0.309 e. The first-order valence-electron chi connectivity index (χ1n) is 15.4. The standard InChI is InChI=1S/C41H25F3N4/c1-24-10-8-16-35-39(24)30-12-4-6-14-33(30)47(35)37-22-32(26-18-28(41(42,43)44)21-29(19-26)46-3)38(20-27(37)23-45)48-34-15-7-5-13-31(34)40-25(2)11-9-17-36(40)48/h4-22H,1-2H3. The van der Waals surface area contributed by atoms with E-state index in [9.17, 15) is 18.4 Å². The predicted octanol–water partition coefficient (Wildman–Crippen LogP) is 11.6. The Labute approximate surface area is 273 Å². The van der Waals surface area contributed by atoms with Crippen LogP contribution >= 0.6 is 0 Å². The van der Waals surface area contributed by atoms with Crippen LogP contribution in [-0.4, -0.2) is 9.13 Å². The molecule has 0 aliphatic heterocycles. The van der Waals surface area contributed by atoms with Crippen LogP contribution < -0.4 is 0 Å². The second-order valence-electron chi connectivity index (χ2n) is 12.0. The molecule has 7 heteroatoms. The molecule has 0 N–H and O–H groups in total. The minimum Gasteiger partial charge on any atom is -0.309 e. The van der Waals surface area contributed by atoms with Crippen LogP contribution in [0.25, 0.3) is 71.0 Å². The number of rotatable bonds is 3. The molecule has 0 fully saturated rings. The average molecular weight is 631 g/mol. The molecule has 0 radical (unpaired) electrons. The molecule has 8 rings (SSSR count). The molecular formula is C41H25F3N4. The summed E-state index contributed by atoms with van der Waals surface area (Å²) in [6, 6.07) is 37.2. The van der Waals surface area contributed by atoms with Crippen LogP contribution in [0.1, 0.15) is 22.3 Å². The number of benzene rings is 6. The van der Waals surface area contributed by atoms with Crippen LogP contribution in [0.4, 0.5) is 18.9 Å². The molecule has 2 heterocycles. The van der Waals surface area contributed by atoms with Gasteiger partial charge in [-0.2, -0.15) is 18.4 Å². The van der Waals surface area contributed by atoms with Crippen LogP contribution in [-0.2, 0) is 6.18 Å². The Hall–Kier alpha value is -6.31. The number of hydrogen-bond acceptors (Lipinski definition) is 1. The number of nitriles is 1. The molecule has 48 heavy (non-hydrogen) atoms. The average Bonchev–Trinajstić information content (AvgIpc) is 3.61. The minimum atomic E-state index is -4.67. The molecule has 0 unspecified atom stereocenters. The maximum absolute atomic E-state index is 14.3. The van der Waals surface area contributed by atoms with E-state index in [2.05, 4.69) is 10.9 Å². The number of aromatic nitrogens is 2. The molecule has 4 nitrogen and oxygen atoms in total. The van der Waals surface area contributed by atoms with Gasteiger partial charge in [0.25, 0.3) is 0 Å².